The molecule has 1 amide bonds. The van der Waals surface area contributed by atoms with E-state index in [1.807, 2.05) is 13.8 Å². The number of rotatable bonds is 9. The molecule has 0 aliphatic rings. The van der Waals surface area contributed by atoms with Gasteiger partial charge in [0.15, 0.2) is 11.5 Å². The van der Waals surface area contributed by atoms with Crippen molar-refractivity contribution in [1.29, 1.82) is 0 Å². The average Bonchev–Trinajstić information content (AvgIpc) is 2.46. The summed E-state index contributed by atoms with van der Waals surface area (Å²) in [6.07, 6.45) is 0. The van der Waals surface area contributed by atoms with Gasteiger partial charge in [0.1, 0.15) is 0 Å². The summed E-state index contributed by atoms with van der Waals surface area (Å²) < 4.78 is 11.1. The van der Waals surface area contributed by atoms with Gasteiger partial charge in [-0.05, 0) is 32.0 Å². The summed E-state index contributed by atoms with van der Waals surface area (Å²) in [6, 6.07) is 5.30. The standard InChI is InChI=1S/C17H28N2O3/c1-6-21-15-9-8-14(10-16(15)22-7-2)17(20)18-11-13(3)12-19(4)5/h8-10,13H,6-7,11-12H2,1-5H3,(H,18,20)/p+1/t13-/m0/s1. The highest BCUT2D eigenvalue weighted by Crippen LogP contribution is 2.28. The Morgan fingerprint density at radius 3 is 2.41 bits per heavy atom. The van der Waals surface area contributed by atoms with Crippen molar-refractivity contribution >= 4 is 5.91 Å². The molecule has 0 aliphatic carbocycles. The molecule has 0 radical (unpaired) electrons. The molecule has 0 saturated carbocycles. The Bertz CT molecular complexity index is 475. The first-order valence-electron chi connectivity index (χ1n) is 7.94. The van der Waals surface area contributed by atoms with Gasteiger partial charge in [0.05, 0.1) is 33.9 Å². The zero-order valence-electron chi connectivity index (χ0n) is 14.4. The van der Waals surface area contributed by atoms with Crippen molar-refractivity contribution in [2.75, 3.05) is 40.4 Å². The molecular weight excluding hydrogens is 280 g/mol. The third kappa shape index (κ3) is 5.93. The monoisotopic (exact) mass is 309 g/mol. The summed E-state index contributed by atoms with van der Waals surface area (Å²) in [5.74, 6) is 1.64. The lowest BCUT2D eigenvalue weighted by atomic mass is 10.1. The van der Waals surface area contributed by atoms with Gasteiger partial charge in [0.2, 0.25) is 0 Å². The van der Waals surface area contributed by atoms with E-state index in [4.69, 9.17) is 9.47 Å². The maximum atomic E-state index is 12.2. The van der Waals surface area contributed by atoms with Crippen LogP contribution in [0.5, 0.6) is 11.5 Å². The number of carbonyl (C=O) groups excluding carboxylic acids is 1. The molecule has 0 fully saturated rings. The van der Waals surface area contributed by atoms with Crippen LogP contribution in [-0.4, -0.2) is 46.3 Å². The van der Waals surface area contributed by atoms with Crippen LogP contribution in [0.15, 0.2) is 18.2 Å². The van der Waals surface area contributed by atoms with E-state index in [0.717, 1.165) is 6.54 Å². The van der Waals surface area contributed by atoms with Crippen LogP contribution in [-0.2, 0) is 0 Å². The number of carbonyl (C=O) groups is 1. The van der Waals surface area contributed by atoms with E-state index in [1.54, 1.807) is 18.2 Å². The molecule has 1 aromatic carbocycles. The molecule has 0 spiro atoms. The number of benzene rings is 1. The fourth-order valence-corrected chi connectivity index (χ4v) is 2.33. The van der Waals surface area contributed by atoms with Crippen LogP contribution in [0.2, 0.25) is 0 Å². The van der Waals surface area contributed by atoms with Crippen molar-refractivity contribution in [1.82, 2.24) is 5.32 Å². The van der Waals surface area contributed by atoms with Crippen LogP contribution in [0.1, 0.15) is 31.1 Å². The molecule has 1 aromatic rings. The third-order valence-electron chi connectivity index (χ3n) is 3.17. The Balaban J connectivity index is 2.70. The van der Waals surface area contributed by atoms with Gasteiger partial charge in [0, 0.05) is 18.0 Å². The molecule has 5 nitrogen and oxygen atoms in total. The van der Waals surface area contributed by atoms with Crippen LogP contribution in [0.3, 0.4) is 0 Å². The largest absolute Gasteiger partial charge is 0.490 e. The van der Waals surface area contributed by atoms with Gasteiger partial charge in [0.25, 0.3) is 5.91 Å². The van der Waals surface area contributed by atoms with E-state index in [0.29, 0.717) is 42.7 Å². The summed E-state index contributed by atoms with van der Waals surface area (Å²) >= 11 is 0. The Morgan fingerprint density at radius 1 is 1.18 bits per heavy atom. The van der Waals surface area contributed by atoms with Crippen molar-refractivity contribution < 1.29 is 19.2 Å². The van der Waals surface area contributed by atoms with E-state index >= 15 is 0 Å². The summed E-state index contributed by atoms with van der Waals surface area (Å²) in [7, 11) is 4.22. The maximum Gasteiger partial charge on any atom is 0.251 e. The molecule has 1 rings (SSSR count). The van der Waals surface area contributed by atoms with E-state index in [9.17, 15) is 4.79 Å². The predicted octanol–water partition coefficient (Wildman–Crippen LogP) is 0.994. The molecule has 0 aliphatic heterocycles. The molecule has 1 atom stereocenters. The minimum absolute atomic E-state index is 0.0791. The number of hydrogen-bond acceptors (Lipinski definition) is 3. The molecule has 0 bridgehead atoms. The first-order valence-corrected chi connectivity index (χ1v) is 7.94. The highest BCUT2D eigenvalue weighted by atomic mass is 16.5. The van der Waals surface area contributed by atoms with Gasteiger partial charge < -0.3 is 19.7 Å². The van der Waals surface area contributed by atoms with Gasteiger partial charge in [-0.25, -0.2) is 0 Å². The summed E-state index contributed by atoms with van der Waals surface area (Å²) in [6.45, 7) is 8.76. The molecule has 124 valence electrons. The second kappa shape index (κ2) is 9.30. The quantitative estimate of drug-likeness (QED) is 0.715. The molecule has 5 heteroatoms. The van der Waals surface area contributed by atoms with Crippen LogP contribution in [0.25, 0.3) is 0 Å². The van der Waals surface area contributed by atoms with Gasteiger partial charge in [-0.3, -0.25) is 4.79 Å². The lowest BCUT2D eigenvalue weighted by molar-refractivity contribution is -0.861. The lowest BCUT2D eigenvalue weighted by Crippen LogP contribution is -3.06. The zero-order valence-corrected chi connectivity index (χ0v) is 14.4. The summed E-state index contributed by atoms with van der Waals surface area (Å²) in [4.78, 5) is 13.6. The highest BCUT2D eigenvalue weighted by Gasteiger charge is 2.13. The van der Waals surface area contributed by atoms with E-state index < -0.39 is 0 Å². The average molecular weight is 309 g/mol. The summed E-state index contributed by atoms with van der Waals surface area (Å²) in [5, 5.41) is 2.98. The first-order chi connectivity index (χ1) is 10.5. The minimum atomic E-state index is -0.0791. The number of ether oxygens (including phenoxy) is 2. The third-order valence-corrected chi connectivity index (χ3v) is 3.17. The van der Waals surface area contributed by atoms with Crippen molar-refractivity contribution in [2.24, 2.45) is 5.92 Å². The van der Waals surface area contributed by atoms with Crippen molar-refractivity contribution in [3.8, 4) is 11.5 Å². The molecule has 0 aromatic heterocycles. The Kier molecular flexibility index (Phi) is 7.74. The fraction of sp³-hybridized carbons (Fsp3) is 0.588. The summed E-state index contributed by atoms with van der Waals surface area (Å²) in [5.41, 5.74) is 0.594. The van der Waals surface area contributed by atoms with Gasteiger partial charge in [-0.1, -0.05) is 6.92 Å². The number of quaternary nitrogens is 1. The number of nitrogens with one attached hydrogen (secondary N) is 2. The highest BCUT2D eigenvalue weighted by molar-refractivity contribution is 5.94. The van der Waals surface area contributed by atoms with Gasteiger partial charge in [-0.15, -0.1) is 0 Å². The van der Waals surface area contributed by atoms with E-state index in [-0.39, 0.29) is 5.91 Å². The smallest absolute Gasteiger partial charge is 0.251 e. The topological polar surface area (TPSA) is 52.0 Å². The van der Waals surface area contributed by atoms with Crippen LogP contribution >= 0.6 is 0 Å². The Hall–Kier alpha value is -1.75. The minimum Gasteiger partial charge on any atom is -0.490 e. The Labute approximate surface area is 133 Å². The molecule has 0 saturated heterocycles. The van der Waals surface area contributed by atoms with E-state index in [1.165, 1.54) is 4.90 Å². The second-order valence-electron chi connectivity index (χ2n) is 5.75. The maximum absolute atomic E-state index is 12.2. The van der Waals surface area contributed by atoms with Crippen LogP contribution < -0.4 is 19.7 Å². The molecule has 0 heterocycles. The first kappa shape index (κ1) is 18.3. The number of amides is 1. The van der Waals surface area contributed by atoms with Crippen molar-refractivity contribution in [2.45, 2.75) is 20.8 Å². The van der Waals surface area contributed by atoms with E-state index in [2.05, 4.69) is 26.3 Å². The predicted molar refractivity (Wildman–Crippen MR) is 88.0 cm³/mol. The fourth-order valence-electron chi connectivity index (χ4n) is 2.33. The van der Waals surface area contributed by atoms with Crippen molar-refractivity contribution in [3.63, 3.8) is 0 Å². The molecule has 0 unspecified atom stereocenters. The number of hydrogen-bond donors (Lipinski definition) is 2. The lowest BCUT2D eigenvalue weighted by Gasteiger charge is -2.16. The normalized spacial score (nSPS) is 12.1. The van der Waals surface area contributed by atoms with Gasteiger partial charge >= 0.3 is 0 Å². The van der Waals surface area contributed by atoms with Gasteiger partial charge in [-0.2, -0.15) is 0 Å². The van der Waals surface area contributed by atoms with Crippen LogP contribution in [0, 0.1) is 5.92 Å². The SMILES string of the molecule is CCOc1ccc(C(=O)NC[C@H](C)C[NH+](C)C)cc1OCC. The second-order valence-corrected chi connectivity index (χ2v) is 5.75. The molecular formula is C17H29N2O3+. The van der Waals surface area contributed by atoms with Crippen molar-refractivity contribution in [3.05, 3.63) is 23.8 Å². The van der Waals surface area contributed by atoms with Crippen LogP contribution in [0.4, 0.5) is 0 Å². The Morgan fingerprint density at radius 2 is 1.82 bits per heavy atom. The zero-order chi connectivity index (χ0) is 16.5. The molecule has 2 N–H and O–H groups in total. The molecule has 22 heavy (non-hydrogen) atoms.